The van der Waals surface area contributed by atoms with Crippen molar-refractivity contribution in [2.24, 2.45) is 0 Å². The molecule has 0 radical (unpaired) electrons. The minimum Gasteiger partial charge on any atom is -0.456 e. The molecule has 11 rings (SSSR count). The molecule has 280 valence electrons. The zero-order valence-corrected chi connectivity index (χ0v) is 32.7. The van der Waals surface area contributed by atoms with Gasteiger partial charge in [-0.2, -0.15) is 0 Å². The second-order valence-electron chi connectivity index (χ2n) is 15.7. The summed E-state index contributed by atoms with van der Waals surface area (Å²) in [5.41, 5.74) is 15.0. The first-order valence-electron chi connectivity index (χ1n) is 20.0. The van der Waals surface area contributed by atoms with Crippen LogP contribution in [0.15, 0.2) is 199 Å². The van der Waals surface area contributed by atoms with Crippen molar-refractivity contribution in [3.8, 4) is 56.4 Å². The summed E-state index contributed by atoms with van der Waals surface area (Å²) in [6.07, 6.45) is 0. The highest BCUT2D eigenvalue weighted by atomic mass is 16.3. The summed E-state index contributed by atoms with van der Waals surface area (Å²) in [4.78, 5) is 17.1. The van der Waals surface area contributed by atoms with Crippen molar-refractivity contribution in [2.75, 3.05) is 4.90 Å². The lowest BCUT2D eigenvalue weighted by atomic mass is 9.82. The zero-order valence-electron chi connectivity index (χ0n) is 32.7. The summed E-state index contributed by atoms with van der Waals surface area (Å²) in [6, 6.07) is 68.0. The van der Waals surface area contributed by atoms with E-state index < -0.39 is 0 Å². The number of nitrogens with zero attached hydrogens (tertiary/aromatic N) is 4. The quantitative estimate of drug-likeness (QED) is 0.162. The number of hydrogen-bond acceptors (Lipinski definition) is 5. The third-order valence-electron chi connectivity index (χ3n) is 11.7. The first-order valence-corrected chi connectivity index (χ1v) is 20.0. The molecule has 2 aromatic heterocycles. The summed E-state index contributed by atoms with van der Waals surface area (Å²) in [7, 11) is 0. The Morgan fingerprint density at radius 2 is 0.831 bits per heavy atom. The van der Waals surface area contributed by atoms with Crippen LogP contribution >= 0.6 is 0 Å². The predicted molar refractivity (Wildman–Crippen MR) is 241 cm³/mol. The molecule has 5 nitrogen and oxygen atoms in total. The van der Waals surface area contributed by atoms with Gasteiger partial charge in [-0.25, -0.2) is 15.0 Å². The first-order chi connectivity index (χ1) is 29.0. The van der Waals surface area contributed by atoms with E-state index in [0.29, 0.717) is 17.5 Å². The monoisotopic (exact) mass is 758 g/mol. The summed E-state index contributed by atoms with van der Waals surface area (Å²) in [5, 5.41) is 2.08. The van der Waals surface area contributed by atoms with Gasteiger partial charge in [-0.15, -0.1) is 0 Å². The van der Waals surface area contributed by atoms with E-state index in [-0.39, 0.29) is 5.41 Å². The molecule has 0 saturated heterocycles. The topological polar surface area (TPSA) is 55.1 Å². The van der Waals surface area contributed by atoms with Crippen molar-refractivity contribution in [3.05, 3.63) is 205 Å². The molecule has 5 heteroatoms. The maximum atomic E-state index is 6.73. The number of fused-ring (bicyclic) bond motifs is 6. The predicted octanol–water partition coefficient (Wildman–Crippen LogP) is 14.2. The molecule has 0 aliphatic heterocycles. The van der Waals surface area contributed by atoms with E-state index in [1.807, 2.05) is 66.7 Å². The minimum absolute atomic E-state index is 0.0772. The standard InChI is InChI=1S/C54H38N4O/c1-54(2)47-21-13-12-20-43(47)46-33-41(28-31-48(46)54)58(40-25-22-36(23-26-40)35-14-6-3-7-15-35)42-27-30-45-44-29-24-39(32-49(44)59-50(45)34-42)53-56-51(37-16-8-4-9-17-37)55-52(57-53)38-18-10-5-11-19-38/h3-34H,1-2H3. The average Bonchev–Trinajstić information content (AvgIpc) is 3.78. The van der Waals surface area contributed by atoms with E-state index in [9.17, 15) is 0 Å². The molecular weight excluding hydrogens is 721 g/mol. The highest BCUT2D eigenvalue weighted by molar-refractivity contribution is 6.07. The van der Waals surface area contributed by atoms with Crippen LogP contribution in [0.1, 0.15) is 25.0 Å². The highest BCUT2D eigenvalue weighted by Gasteiger charge is 2.35. The Labute approximate surface area is 342 Å². The van der Waals surface area contributed by atoms with Gasteiger partial charge in [0.15, 0.2) is 17.5 Å². The fourth-order valence-electron chi connectivity index (χ4n) is 8.71. The van der Waals surface area contributed by atoms with Crippen LogP contribution in [0.3, 0.4) is 0 Å². The second-order valence-corrected chi connectivity index (χ2v) is 15.7. The Bertz CT molecular complexity index is 3120. The Morgan fingerprint density at radius 1 is 0.373 bits per heavy atom. The lowest BCUT2D eigenvalue weighted by molar-refractivity contribution is 0.660. The number of rotatable bonds is 7. The van der Waals surface area contributed by atoms with Crippen LogP contribution in [-0.2, 0) is 5.41 Å². The van der Waals surface area contributed by atoms with Crippen molar-refractivity contribution < 1.29 is 4.42 Å². The molecule has 0 N–H and O–H groups in total. The molecule has 10 aromatic rings. The third-order valence-corrected chi connectivity index (χ3v) is 11.7. The zero-order chi connectivity index (χ0) is 39.5. The summed E-state index contributed by atoms with van der Waals surface area (Å²) in [5.74, 6) is 1.84. The number of aromatic nitrogens is 3. The van der Waals surface area contributed by atoms with Gasteiger partial charge in [0.1, 0.15) is 11.2 Å². The Hall–Kier alpha value is -7.63. The van der Waals surface area contributed by atoms with Gasteiger partial charge in [0.05, 0.1) is 0 Å². The lowest BCUT2D eigenvalue weighted by Gasteiger charge is -2.27. The SMILES string of the molecule is CC1(C)c2ccccc2-c2cc(N(c3ccc(-c4ccccc4)cc3)c3ccc4c(c3)oc3cc(-c5nc(-c6ccccc6)nc(-c6ccccc6)n5)ccc34)ccc21. The van der Waals surface area contributed by atoms with Crippen LogP contribution in [0.2, 0.25) is 0 Å². The molecule has 8 aromatic carbocycles. The molecule has 59 heavy (non-hydrogen) atoms. The maximum absolute atomic E-state index is 6.73. The molecule has 0 atom stereocenters. The fraction of sp³-hybridized carbons (Fsp3) is 0.0556. The van der Waals surface area contributed by atoms with Crippen molar-refractivity contribution in [3.63, 3.8) is 0 Å². The second kappa shape index (κ2) is 13.8. The average molecular weight is 759 g/mol. The van der Waals surface area contributed by atoms with Gasteiger partial charge < -0.3 is 9.32 Å². The van der Waals surface area contributed by atoms with Gasteiger partial charge in [-0.1, -0.05) is 153 Å². The highest BCUT2D eigenvalue weighted by Crippen LogP contribution is 2.51. The minimum atomic E-state index is -0.0772. The van der Waals surface area contributed by atoms with E-state index >= 15 is 0 Å². The molecule has 0 fully saturated rings. The first kappa shape index (κ1) is 34.6. The van der Waals surface area contributed by atoms with Crippen LogP contribution in [0.5, 0.6) is 0 Å². The van der Waals surface area contributed by atoms with E-state index in [4.69, 9.17) is 19.4 Å². The largest absolute Gasteiger partial charge is 0.456 e. The van der Waals surface area contributed by atoms with Gasteiger partial charge >= 0.3 is 0 Å². The summed E-state index contributed by atoms with van der Waals surface area (Å²) >= 11 is 0. The van der Waals surface area contributed by atoms with Gasteiger partial charge in [-0.05, 0) is 81.9 Å². The van der Waals surface area contributed by atoms with Gasteiger partial charge in [-0.3, -0.25) is 0 Å². The van der Waals surface area contributed by atoms with Crippen LogP contribution in [0.4, 0.5) is 17.1 Å². The molecule has 1 aliphatic rings. The van der Waals surface area contributed by atoms with E-state index in [1.54, 1.807) is 0 Å². The van der Waals surface area contributed by atoms with Crippen molar-refractivity contribution in [1.29, 1.82) is 0 Å². The van der Waals surface area contributed by atoms with Crippen LogP contribution in [-0.4, -0.2) is 15.0 Å². The van der Waals surface area contributed by atoms with Crippen molar-refractivity contribution in [2.45, 2.75) is 19.3 Å². The van der Waals surface area contributed by atoms with Crippen molar-refractivity contribution in [1.82, 2.24) is 15.0 Å². The molecule has 0 spiro atoms. The van der Waals surface area contributed by atoms with Crippen LogP contribution in [0.25, 0.3) is 78.4 Å². The van der Waals surface area contributed by atoms with Crippen LogP contribution < -0.4 is 4.90 Å². The number of benzene rings is 8. The van der Waals surface area contributed by atoms with E-state index in [2.05, 4.69) is 146 Å². The van der Waals surface area contributed by atoms with Gasteiger partial charge in [0, 0.05) is 56.0 Å². The molecular formula is C54H38N4O. The third kappa shape index (κ3) is 5.98. The number of anilines is 3. The smallest absolute Gasteiger partial charge is 0.164 e. The summed E-state index contributed by atoms with van der Waals surface area (Å²) < 4.78 is 6.73. The van der Waals surface area contributed by atoms with Crippen molar-refractivity contribution >= 4 is 39.0 Å². The normalized spacial score (nSPS) is 12.7. The Kier molecular flexibility index (Phi) is 8.09. The Balaban J connectivity index is 1.03. The maximum Gasteiger partial charge on any atom is 0.164 e. The number of hydrogen-bond donors (Lipinski definition) is 0. The molecule has 2 heterocycles. The molecule has 0 unspecified atom stereocenters. The van der Waals surface area contributed by atoms with Crippen LogP contribution in [0, 0.1) is 0 Å². The summed E-state index contributed by atoms with van der Waals surface area (Å²) in [6.45, 7) is 4.65. The molecule has 1 aliphatic carbocycles. The van der Waals surface area contributed by atoms with Gasteiger partial charge in [0.2, 0.25) is 0 Å². The number of furan rings is 1. The fourth-order valence-corrected chi connectivity index (χ4v) is 8.71. The molecule has 0 amide bonds. The Morgan fingerprint density at radius 3 is 1.49 bits per heavy atom. The van der Waals surface area contributed by atoms with Gasteiger partial charge in [0.25, 0.3) is 0 Å². The lowest BCUT2D eigenvalue weighted by Crippen LogP contribution is -2.15. The van der Waals surface area contributed by atoms with E-state index in [1.165, 1.54) is 33.4 Å². The molecule has 0 bridgehead atoms. The van der Waals surface area contributed by atoms with E-state index in [0.717, 1.165) is 55.7 Å². The molecule has 0 saturated carbocycles.